The normalized spacial score (nSPS) is 33.0. The largest absolute Gasteiger partial charge is 0.383 e. The molecule has 2 atom stereocenters. The van der Waals surface area contributed by atoms with Gasteiger partial charge < -0.3 is 9.64 Å². The first-order valence-electron chi connectivity index (χ1n) is 4.47. The molecule has 1 fully saturated rings. The highest BCUT2D eigenvalue weighted by Crippen LogP contribution is 2.23. The van der Waals surface area contributed by atoms with E-state index in [0.29, 0.717) is 6.04 Å². The molecule has 0 amide bonds. The number of nitrogens with zero attached hydrogens (tertiary/aromatic N) is 1. The van der Waals surface area contributed by atoms with Gasteiger partial charge in [-0.25, -0.2) is 0 Å². The monoisotopic (exact) mass is 157 g/mol. The standard InChI is InChI=1S/C9H19NO/c1-4-8-5-9(7-11-3)10(2)6-8/h8-9H,4-7H2,1-3H3. The van der Waals surface area contributed by atoms with Gasteiger partial charge in [0.2, 0.25) is 0 Å². The van der Waals surface area contributed by atoms with Gasteiger partial charge in [0.1, 0.15) is 0 Å². The van der Waals surface area contributed by atoms with E-state index in [1.165, 1.54) is 19.4 Å². The van der Waals surface area contributed by atoms with Crippen LogP contribution < -0.4 is 0 Å². The third kappa shape index (κ3) is 2.17. The van der Waals surface area contributed by atoms with Crippen LogP contribution in [0.25, 0.3) is 0 Å². The summed E-state index contributed by atoms with van der Waals surface area (Å²) in [5, 5.41) is 0. The number of methoxy groups -OCH3 is 1. The summed E-state index contributed by atoms with van der Waals surface area (Å²) in [6.45, 7) is 4.42. The molecule has 0 aromatic rings. The lowest BCUT2D eigenvalue weighted by Gasteiger charge is -2.17. The van der Waals surface area contributed by atoms with E-state index in [9.17, 15) is 0 Å². The molecule has 0 bridgehead atoms. The Kier molecular flexibility index (Phi) is 3.34. The van der Waals surface area contributed by atoms with Crippen molar-refractivity contribution in [3.8, 4) is 0 Å². The summed E-state index contributed by atoms with van der Waals surface area (Å²) < 4.78 is 5.15. The minimum Gasteiger partial charge on any atom is -0.383 e. The van der Waals surface area contributed by atoms with Gasteiger partial charge in [-0.05, 0) is 19.4 Å². The Morgan fingerprint density at radius 1 is 1.55 bits per heavy atom. The molecule has 1 heterocycles. The Hall–Kier alpha value is -0.0800. The van der Waals surface area contributed by atoms with Crippen molar-refractivity contribution in [2.75, 3.05) is 27.3 Å². The van der Waals surface area contributed by atoms with Crippen molar-refractivity contribution in [2.45, 2.75) is 25.8 Å². The Morgan fingerprint density at radius 2 is 2.27 bits per heavy atom. The van der Waals surface area contributed by atoms with E-state index in [2.05, 4.69) is 18.9 Å². The van der Waals surface area contributed by atoms with Crippen LogP contribution in [0.3, 0.4) is 0 Å². The Balaban J connectivity index is 2.32. The van der Waals surface area contributed by atoms with Gasteiger partial charge in [0, 0.05) is 19.7 Å². The van der Waals surface area contributed by atoms with Gasteiger partial charge in [-0.2, -0.15) is 0 Å². The second kappa shape index (κ2) is 4.07. The summed E-state index contributed by atoms with van der Waals surface area (Å²) in [4.78, 5) is 2.41. The highest BCUT2D eigenvalue weighted by molar-refractivity contribution is 4.81. The molecule has 66 valence electrons. The van der Waals surface area contributed by atoms with Crippen LogP contribution in [0.4, 0.5) is 0 Å². The van der Waals surface area contributed by atoms with Crippen LogP contribution in [-0.2, 0) is 4.74 Å². The van der Waals surface area contributed by atoms with Crippen molar-refractivity contribution in [3.63, 3.8) is 0 Å². The van der Waals surface area contributed by atoms with Crippen molar-refractivity contribution in [1.82, 2.24) is 4.90 Å². The van der Waals surface area contributed by atoms with Gasteiger partial charge in [-0.3, -0.25) is 0 Å². The predicted octanol–water partition coefficient (Wildman–Crippen LogP) is 1.36. The molecule has 2 nitrogen and oxygen atoms in total. The number of likely N-dealkylation sites (N-methyl/N-ethyl adjacent to an activating group) is 1. The van der Waals surface area contributed by atoms with E-state index >= 15 is 0 Å². The van der Waals surface area contributed by atoms with Crippen LogP contribution in [0.1, 0.15) is 19.8 Å². The average Bonchev–Trinajstić information content (AvgIpc) is 2.33. The lowest BCUT2D eigenvalue weighted by molar-refractivity contribution is 0.129. The summed E-state index contributed by atoms with van der Waals surface area (Å²) in [5.41, 5.74) is 0. The van der Waals surface area contributed by atoms with Gasteiger partial charge in [0.05, 0.1) is 6.61 Å². The average molecular weight is 157 g/mol. The van der Waals surface area contributed by atoms with Crippen LogP contribution >= 0.6 is 0 Å². The zero-order chi connectivity index (χ0) is 8.27. The van der Waals surface area contributed by atoms with Gasteiger partial charge in [-0.1, -0.05) is 13.3 Å². The fraction of sp³-hybridized carbons (Fsp3) is 1.00. The molecule has 1 saturated heterocycles. The third-order valence-corrected chi connectivity index (χ3v) is 2.71. The predicted molar refractivity (Wildman–Crippen MR) is 46.7 cm³/mol. The topological polar surface area (TPSA) is 12.5 Å². The highest BCUT2D eigenvalue weighted by Gasteiger charge is 2.27. The molecule has 1 rings (SSSR count). The van der Waals surface area contributed by atoms with E-state index < -0.39 is 0 Å². The molecular formula is C9H19NO. The zero-order valence-electron chi connectivity index (χ0n) is 7.84. The van der Waals surface area contributed by atoms with E-state index in [1.807, 2.05) is 0 Å². The molecule has 0 aromatic heterocycles. The van der Waals surface area contributed by atoms with Crippen molar-refractivity contribution in [1.29, 1.82) is 0 Å². The lowest BCUT2D eigenvalue weighted by Crippen LogP contribution is -2.28. The molecule has 0 saturated carbocycles. The summed E-state index contributed by atoms with van der Waals surface area (Å²) in [6.07, 6.45) is 2.63. The maximum absolute atomic E-state index is 5.15. The van der Waals surface area contributed by atoms with Gasteiger partial charge in [0.15, 0.2) is 0 Å². The molecule has 0 N–H and O–H groups in total. The molecular weight excluding hydrogens is 138 g/mol. The van der Waals surface area contributed by atoms with Crippen LogP contribution in [0.2, 0.25) is 0 Å². The molecule has 2 unspecified atom stereocenters. The summed E-state index contributed by atoms with van der Waals surface area (Å²) in [7, 11) is 3.98. The van der Waals surface area contributed by atoms with Gasteiger partial charge in [0.25, 0.3) is 0 Å². The zero-order valence-corrected chi connectivity index (χ0v) is 7.84. The smallest absolute Gasteiger partial charge is 0.0618 e. The molecule has 0 spiro atoms. The van der Waals surface area contributed by atoms with Gasteiger partial charge in [-0.15, -0.1) is 0 Å². The number of likely N-dealkylation sites (tertiary alicyclic amines) is 1. The lowest BCUT2D eigenvalue weighted by atomic mass is 10.0. The van der Waals surface area contributed by atoms with Crippen LogP contribution in [0.15, 0.2) is 0 Å². The molecule has 0 aromatic carbocycles. The van der Waals surface area contributed by atoms with E-state index in [-0.39, 0.29) is 0 Å². The Labute approximate surface area is 69.5 Å². The number of ether oxygens (including phenoxy) is 1. The molecule has 11 heavy (non-hydrogen) atoms. The molecule has 2 heteroatoms. The highest BCUT2D eigenvalue weighted by atomic mass is 16.5. The third-order valence-electron chi connectivity index (χ3n) is 2.71. The molecule has 1 aliphatic heterocycles. The number of hydrogen-bond donors (Lipinski definition) is 0. The second-order valence-electron chi connectivity index (χ2n) is 3.56. The first kappa shape index (κ1) is 9.01. The summed E-state index contributed by atoms with van der Waals surface area (Å²) in [6, 6.07) is 0.671. The first-order valence-corrected chi connectivity index (χ1v) is 4.47. The van der Waals surface area contributed by atoms with Crippen LogP contribution in [0, 0.1) is 5.92 Å². The maximum Gasteiger partial charge on any atom is 0.0618 e. The fourth-order valence-corrected chi connectivity index (χ4v) is 1.88. The molecule has 1 aliphatic rings. The molecule has 0 radical (unpaired) electrons. The van der Waals surface area contributed by atoms with E-state index in [0.717, 1.165) is 12.5 Å². The SMILES string of the molecule is CCC1CC(COC)N(C)C1. The maximum atomic E-state index is 5.15. The Bertz CT molecular complexity index is 116. The van der Waals surface area contributed by atoms with Gasteiger partial charge >= 0.3 is 0 Å². The van der Waals surface area contributed by atoms with Crippen molar-refractivity contribution in [3.05, 3.63) is 0 Å². The van der Waals surface area contributed by atoms with Crippen LogP contribution in [0.5, 0.6) is 0 Å². The summed E-state index contributed by atoms with van der Waals surface area (Å²) in [5.74, 6) is 0.903. The van der Waals surface area contributed by atoms with Crippen molar-refractivity contribution >= 4 is 0 Å². The summed E-state index contributed by atoms with van der Waals surface area (Å²) >= 11 is 0. The van der Waals surface area contributed by atoms with E-state index in [4.69, 9.17) is 4.74 Å². The second-order valence-corrected chi connectivity index (χ2v) is 3.56. The first-order chi connectivity index (χ1) is 5.27. The minimum absolute atomic E-state index is 0.671. The van der Waals surface area contributed by atoms with Crippen molar-refractivity contribution in [2.24, 2.45) is 5.92 Å². The Morgan fingerprint density at radius 3 is 2.73 bits per heavy atom. The quantitative estimate of drug-likeness (QED) is 0.613. The molecule has 0 aliphatic carbocycles. The van der Waals surface area contributed by atoms with Crippen molar-refractivity contribution < 1.29 is 4.74 Å². The number of hydrogen-bond acceptors (Lipinski definition) is 2. The van der Waals surface area contributed by atoms with E-state index in [1.54, 1.807) is 7.11 Å². The number of rotatable bonds is 3. The minimum atomic E-state index is 0.671. The van der Waals surface area contributed by atoms with Crippen LogP contribution in [-0.4, -0.2) is 38.3 Å². The fourth-order valence-electron chi connectivity index (χ4n) is 1.88.